The summed E-state index contributed by atoms with van der Waals surface area (Å²) in [4.78, 5) is 11.1. The molecule has 0 saturated heterocycles. The van der Waals surface area contributed by atoms with Crippen molar-refractivity contribution in [3.05, 3.63) is 29.5 Å². The van der Waals surface area contributed by atoms with Gasteiger partial charge in [0.1, 0.15) is 5.75 Å². The summed E-state index contributed by atoms with van der Waals surface area (Å²) >= 11 is 0. The summed E-state index contributed by atoms with van der Waals surface area (Å²) in [5.74, 6) is 0.453. The van der Waals surface area contributed by atoms with Crippen LogP contribution in [0.15, 0.2) is 18.2 Å². The van der Waals surface area contributed by atoms with Gasteiger partial charge in [-0.2, -0.15) is 0 Å². The van der Waals surface area contributed by atoms with Crippen LogP contribution in [0.4, 0.5) is 0 Å². The van der Waals surface area contributed by atoms with Crippen LogP contribution in [0.2, 0.25) is 0 Å². The Morgan fingerprint density at radius 3 is 2.76 bits per heavy atom. The lowest BCUT2D eigenvalue weighted by molar-refractivity contribution is -0.117. The van der Waals surface area contributed by atoms with Gasteiger partial charge in [0.05, 0.1) is 19.0 Å². The predicted octanol–water partition coefficient (Wildman–Crippen LogP) is 1.52. The van der Waals surface area contributed by atoms with E-state index in [-0.39, 0.29) is 12.3 Å². The molecule has 0 aliphatic rings. The van der Waals surface area contributed by atoms with Crippen molar-refractivity contribution in [2.45, 2.75) is 13.3 Å². The van der Waals surface area contributed by atoms with Gasteiger partial charge in [0, 0.05) is 18.1 Å². The number of carbonyl (C=O) groups excluding carboxylic acids is 1. The molecule has 0 radical (unpaired) electrons. The van der Waals surface area contributed by atoms with Crippen LogP contribution in [0.5, 0.6) is 5.75 Å². The SMILES string of the molecule is COc1cccc2c1c(CC(N)=O)c(C)n2C. The third-order valence-corrected chi connectivity index (χ3v) is 3.18. The molecule has 1 amide bonds. The van der Waals surface area contributed by atoms with Gasteiger partial charge in [0.2, 0.25) is 5.91 Å². The summed E-state index contributed by atoms with van der Waals surface area (Å²) in [6.07, 6.45) is 0.240. The highest BCUT2D eigenvalue weighted by atomic mass is 16.5. The van der Waals surface area contributed by atoms with Crippen molar-refractivity contribution in [1.29, 1.82) is 0 Å². The molecule has 0 unspecified atom stereocenters. The number of primary amides is 1. The number of ether oxygens (including phenoxy) is 1. The van der Waals surface area contributed by atoms with E-state index in [1.54, 1.807) is 7.11 Å². The van der Waals surface area contributed by atoms with Crippen molar-refractivity contribution in [3.63, 3.8) is 0 Å². The number of rotatable bonds is 3. The highest BCUT2D eigenvalue weighted by Crippen LogP contribution is 2.32. The zero-order chi connectivity index (χ0) is 12.6. The van der Waals surface area contributed by atoms with Gasteiger partial charge in [-0.1, -0.05) is 6.07 Å². The molecule has 4 heteroatoms. The summed E-state index contributed by atoms with van der Waals surface area (Å²) in [6.45, 7) is 1.98. The Balaban J connectivity index is 2.80. The van der Waals surface area contributed by atoms with E-state index in [0.29, 0.717) is 0 Å². The normalized spacial score (nSPS) is 10.8. The summed E-state index contributed by atoms with van der Waals surface area (Å²) in [6, 6.07) is 5.84. The summed E-state index contributed by atoms with van der Waals surface area (Å²) < 4.78 is 7.40. The number of hydrogen-bond donors (Lipinski definition) is 1. The Morgan fingerprint density at radius 2 is 2.18 bits per heavy atom. The van der Waals surface area contributed by atoms with Crippen LogP contribution < -0.4 is 10.5 Å². The molecule has 2 aromatic rings. The molecule has 0 atom stereocenters. The molecule has 1 heterocycles. The molecule has 90 valence electrons. The second kappa shape index (κ2) is 4.13. The van der Waals surface area contributed by atoms with Gasteiger partial charge >= 0.3 is 0 Å². The van der Waals surface area contributed by atoms with Gasteiger partial charge in [0.15, 0.2) is 0 Å². The summed E-state index contributed by atoms with van der Waals surface area (Å²) in [5.41, 5.74) is 8.35. The van der Waals surface area contributed by atoms with Crippen LogP contribution in [0.3, 0.4) is 0 Å². The molecule has 4 nitrogen and oxygen atoms in total. The first-order chi connectivity index (χ1) is 8.06. The molecule has 0 aliphatic heterocycles. The van der Waals surface area contributed by atoms with E-state index in [2.05, 4.69) is 4.57 Å². The van der Waals surface area contributed by atoms with Crippen LogP contribution in [0.25, 0.3) is 10.9 Å². The van der Waals surface area contributed by atoms with E-state index in [4.69, 9.17) is 10.5 Å². The third-order valence-electron chi connectivity index (χ3n) is 3.18. The maximum absolute atomic E-state index is 11.1. The Morgan fingerprint density at radius 1 is 1.47 bits per heavy atom. The number of nitrogens with zero attached hydrogens (tertiary/aromatic N) is 1. The lowest BCUT2D eigenvalue weighted by atomic mass is 10.1. The number of fused-ring (bicyclic) bond motifs is 1. The maximum atomic E-state index is 11.1. The van der Waals surface area contributed by atoms with Crippen LogP contribution in [-0.4, -0.2) is 17.6 Å². The average Bonchev–Trinajstić information content (AvgIpc) is 2.54. The molecule has 0 aliphatic carbocycles. The Labute approximate surface area is 100.0 Å². The average molecular weight is 232 g/mol. The molecule has 0 saturated carbocycles. The lowest BCUT2D eigenvalue weighted by Gasteiger charge is -2.04. The highest BCUT2D eigenvalue weighted by Gasteiger charge is 2.16. The van der Waals surface area contributed by atoms with Crippen molar-refractivity contribution in [1.82, 2.24) is 4.57 Å². The summed E-state index contributed by atoms with van der Waals surface area (Å²) in [7, 11) is 3.60. The van der Waals surface area contributed by atoms with Gasteiger partial charge in [0.25, 0.3) is 0 Å². The molecule has 17 heavy (non-hydrogen) atoms. The van der Waals surface area contributed by atoms with Crippen LogP contribution in [0.1, 0.15) is 11.3 Å². The fourth-order valence-electron chi connectivity index (χ4n) is 2.23. The summed E-state index contributed by atoms with van der Waals surface area (Å²) in [5, 5.41) is 0.980. The zero-order valence-electron chi connectivity index (χ0n) is 10.3. The van der Waals surface area contributed by atoms with Gasteiger partial charge in [-0.05, 0) is 24.6 Å². The molecular formula is C13H16N2O2. The number of aryl methyl sites for hydroxylation is 1. The van der Waals surface area contributed by atoms with E-state index >= 15 is 0 Å². The lowest BCUT2D eigenvalue weighted by Crippen LogP contribution is -2.14. The first-order valence-corrected chi connectivity index (χ1v) is 5.45. The predicted molar refractivity (Wildman–Crippen MR) is 67.1 cm³/mol. The second-order valence-corrected chi connectivity index (χ2v) is 4.12. The van der Waals surface area contributed by atoms with Crippen molar-refractivity contribution >= 4 is 16.8 Å². The first-order valence-electron chi connectivity index (χ1n) is 5.45. The Bertz CT molecular complexity index is 585. The third kappa shape index (κ3) is 1.75. The fourth-order valence-corrected chi connectivity index (χ4v) is 2.23. The zero-order valence-corrected chi connectivity index (χ0v) is 10.3. The topological polar surface area (TPSA) is 57.2 Å². The van der Waals surface area contributed by atoms with Crippen molar-refractivity contribution in [2.24, 2.45) is 12.8 Å². The molecule has 0 spiro atoms. The van der Waals surface area contributed by atoms with Gasteiger partial charge in [-0.25, -0.2) is 0 Å². The Kier molecular flexibility index (Phi) is 2.79. The van der Waals surface area contributed by atoms with Gasteiger partial charge in [-0.15, -0.1) is 0 Å². The van der Waals surface area contributed by atoms with E-state index in [9.17, 15) is 4.79 Å². The highest BCUT2D eigenvalue weighted by molar-refractivity contribution is 5.94. The van der Waals surface area contributed by atoms with Gasteiger partial charge in [-0.3, -0.25) is 4.79 Å². The number of aromatic nitrogens is 1. The maximum Gasteiger partial charge on any atom is 0.221 e. The number of amides is 1. The number of benzene rings is 1. The van der Waals surface area contributed by atoms with Crippen molar-refractivity contribution < 1.29 is 9.53 Å². The molecule has 2 rings (SSSR count). The van der Waals surface area contributed by atoms with E-state index in [1.165, 1.54) is 0 Å². The van der Waals surface area contributed by atoms with Crippen LogP contribution in [-0.2, 0) is 18.3 Å². The minimum absolute atomic E-state index is 0.240. The van der Waals surface area contributed by atoms with Gasteiger partial charge < -0.3 is 15.0 Å². The first kappa shape index (κ1) is 11.5. The Hall–Kier alpha value is -1.97. The monoisotopic (exact) mass is 232 g/mol. The van der Waals surface area contributed by atoms with Crippen molar-refractivity contribution in [3.8, 4) is 5.75 Å². The minimum atomic E-state index is -0.327. The van der Waals surface area contributed by atoms with Crippen LogP contribution >= 0.6 is 0 Å². The molecule has 0 fully saturated rings. The number of methoxy groups -OCH3 is 1. The fraction of sp³-hybridized carbons (Fsp3) is 0.308. The quantitative estimate of drug-likeness (QED) is 0.872. The number of carbonyl (C=O) groups is 1. The molecule has 1 aromatic carbocycles. The minimum Gasteiger partial charge on any atom is -0.496 e. The molecular weight excluding hydrogens is 216 g/mol. The van der Waals surface area contributed by atoms with Crippen LogP contribution in [0, 0.1) is 6.92 Å². The van der Waals surface area contributed by atoms with E-state index in [0.717, 1.165) is 27.9 Å². The molecule has 0 bridgehead atoms. The smallest absolute Gasteiger partial charge is 0.221 e. The molecule has 2 N–H and O–H groups in total. The van der Waals surface area contributed by atoms with Crippen molar-refractivity contribution in [2.75, 3.05) is 7.11 Å². The van der Waals surface area contributed by atoms with E-state index in [1.807, 2.05) is 32.2 Å². The number of hydrogen-bond acceptors (Lipinski definition) is 2. The largest absolute Gasteiger partial charge is 0.496 e. The molecule has 1 aromatic heterocycles. The standard InChI is InChI=1S/C13H16N2O2/c1-8-9(7-12(14)16)13-10(15(8)2)5-4-6-11(13)17-3/h4-6H,7H2,1-3H3,(H2,14,16). The number of nitrogens with two attached hydrogens (primary N) is 1. The van der Waals surface area contributed by atoms with E-state index < -0.39 is 0 Å². The second-order valence-electron chi connectivity index (χ2n) is 4.12.